The topological polar surface area (TPSA) is 88.6 Å². The highest BCUT2D eigenvalue weighted by atomic mass is 16.4. The Bertz CT molecular complexity index is 686. The highest BCUT2D eigenvalue weighted by molar-refractivity contribution is 5.88. The van der Waals surface area contributed by atoms with Crippen LogP contribution in [-0.2, 0) is 6.54 Å². The second-order valence-electron chi connectivity index (χ2n) is 4.44. The van der Waals surface area contributed by atoms with Gasteiger partial charge < -0.3 is 14.4 Å². The van der Waals surface area contributed by atoms with Gasteiger partial charge in [-0.25, -0.2) is 9.48 Å². The number of aromatic nitrogens is 2. The quantitative estimate of drug-likeness (QED) is 0.866. The number of furan rings is 1. The third kappa shape index (κ3) is 3.13. The predicted octanol–water partition coefficient (Wildman–Crippen LogP) is 1.43. The Labute approximate surface area is 121 Å². The SMILES string of the molecule is CCN(CC)c1cnn(Cc2occc2C(=O)O)c(=O)c1. The first-order valence-corrected chi connectivity index (χ1v) is 6.68. The van der Waals surface area contributed by atoms with E-state index in [0.717, 1.165) is 18.8 Å². The van der Waals surface area contributed by atoms with E-state index in [0.29, 0.717) is 0 Å². The van der Waals surface area contributed by atoms with Gasteiger partial charge in [0.05, 0.1) is 18.1 Å². The molecular weight excluding hydrogens is 274 g/mol. The fourth-order valence-electron chi connectivity index (χ4n) is 2.09. The summed E-state index contributed by atoms with van der Waals surface area (Å²) in [6.07, 6.45) is 2.88. The molecule has 0 spiro atoms. The second-order valence-corrected chi connectivity index (χ2v) is 4.44. The summed E-state index contributed by atoms with van der Waals surface area (Å²) >= 11 is 0. The van der Waals surface area contributed by atoms with Crippen molar-refractivity contribution in [1.82, 2.24) is 9.78 Å². The molecule has 0 fully saturated rings. The zero-order valence-electron chi connectivity index (χ0n) is 11.9. The van der Waals surface area contributed by atoms with Crippen molar-refractivity contribution in [2.75, 3.05) is 18.0 Å². The molecule has 1 N–H and O–H groups in total. The molecule has 0 bridgehead atoms. The molecule has 21 heavy (non-hydrogen) atoms. The molecule has 0 saturated heterocycles. The molecule has 0 amide bonds. The minimum Gasteiger partial charge on any atom is -0.478 e. The van der Waals surface area contributed by atoms with E-state index in [2.05, 4.69) is 5.10 Å². The van der Waals surface area contributed by atoms with Gasteiger partial charge in [-0.1, -0.05) is 0 Å². The van der Waals surface area contributed by atoms with Crippen LogP contribution in [0.15, 0.2) is 33.8 Å². The lowest BCUT2D eigenvalue weighted by Gasteiger charge is -2.20. The Balaban J connectivity index is 2.28. The molecule has 0 unspecified atom stereocenters. The maximum absolute atomic E-state index is 12.1. The average molecular weight is 291 g/mol. The van der Waals surface area contributed by atoms with E-state index in [-0.39, 0.29) is 23.4 Å². The van der Waals surface area contributed by atoms with Gasteiger partial charge in [0.15, 0.2) is 0 Å². The molecule has 2 aromatic heterocycles. The standard InChI is InChI=1S/C14H17N3O4/c1-3-16(4-2)10-7-13(18)17(15-8-10)9-12-11(14(19)20)5-6-21-12/h5-8H,3-4,9H2,1-2H3,(H,19,20). The minimum absolute atomic E-state index is 0.00794. The number of carbonyl (C=O) groups is 1. The largest absolute Gasteiger partial charge is 0.478 e. The number of rotatable bonds is 6. The third-order valence-corrected chi connectivity index (χ3v) is 3.25. The minimum atomic E-state index is -1.09. The molecule has 2 aromatic rings. The zero-order valence-corrected chi connectivity index (χ0v) is 11.9. The number of anilines is 1. The van der Waals surface area contributed by atoms with Crippen LogP contribution in [0.5, 0.6) is 0 Å². The van der Waals surface area contributed by atoms with Gasteiger partial charge in [-0.2, -0.15) is 5.10 Å². The van der Waals surface area contributed by atoms with Crippen LogP contribution in [0.2, 0.25) is 0 Å². The molecular formula is C14H17N3O4. The van der Waals surface area contributed by atoms with Crippen molar-refractivity contribution in [3.05, 3.63) is 46.3 Å². The third-order valence-electron chi connectivity index (χ3n) is 3.25. The fraction of sp³-hybridized carbons (Fsp3) is 0.357. The van der Waals surface area contributed by atoms with Crippen LogP contribution in [-0.4, -0.2) is 33.9 Å². The van der Waals surface area contributed by atoms with Crippen molar-refractivity contribution in [3.8, 4) is 0 Å². The van der Waals surface area contributed by atoms with Gasteiger partial charge in [0, 0.05) is 19.2 Å². The van der Waals surface area contributed by atoms with Crippen molar-refractivity contribution in [2.24, 2.45) is 0 Å². The Hall–Kier alpha value is -2.57. The van der Waals surface area contributed by atoms with Crippen LogP contribution in [0.1, 0.15) is 30.0 Å². The Morgan fingerprint density at radius 2 is 2.14 bits per heavy atom. The average Bonchev–Trinajstić information content (AvgIpc) is 2.91. The first kappa shape index (κ1) is 14.8. The van der Waals surface area contributed by atoms with Crippen molar-refractivity contribution < 1.29 is 14.3 Å². The summed E-state index contributed by atoms with van der Waals surface area (Å²) in [5, 5.41) is 13.1. The molecule has 0 aliphatic carbocycles. The molecule has 7 heteroatoms. The van der Waals surface area contributed by atoms with E-state index in [1.54, 1.807) is 6.20 Å². The van der Waals surface area contributed by atoms with Crippen LogP contribution in [0.3, 0.4) is 0 Å². The number of carboxylic acids is 1. The van der Waals surface area contributed by atoms with Crippen LogP contribution < -0.4 is 10.5 Å². The Kier molecular flexibility index (Phi) is 4.42. The lowest BCUT2D eigenvalue weighted by atomic mass is 10.2. The van der Waals surface area contributed by atoms with Gasteiger partial charge in [0.25, 0.3) is 5.56 Å². The van der Waals surface area contributed by atoms with Crippen molar-refractivity contribution >= 4 is 11.7 Å². The van der Waals surface area contributed by atoms with Gasteiger partial charge in [-0.3, -0.25) is 4.79 Å². The van der Waals surface area contributed by atoms with Crippen molar-refractivity contribution in [2.45, 2.75) is 20.4 Å². The lowest BCUT2D eigenvalue weighted by molar-refractivity contribution is 0.0694. The molecule has 0 atom stereocenters. The Morgan fingerprint density at radius 1 is 1.43 bits per heavy atom. The number of hydrogen-bond donors (Lipinski definition) is 1. The summed E-state index contributed by atoms with van der Waals surface area (Å²) < 4.78 is 6.29. The van der Waals surface area contributed by atoms with E-state index in [1.165, 1.54) is 23.1 Å². The summed E-state index contributed by atoms with van der Waals surface area (Å²) in [6, 6.07) is 2.84. The summed E-state index contributed by atoms with van der Waals surface area (Å²) in [4.78, 5) is 25.1. The maximum atomic E-state index is 12.1. The first-order valence-electron chi connectivity index (χ1n) is 6.68. The highest BCUT2D eigenvalue weighted by Gasteiger charge is 2.15. The molecule has 7 nitrogen and oxygen atoms in total. The summed E-state index contributed by atoms with van der Waals surface area (Å²) in [7, 11) is 0. The van der Waals surface area contributed by atoms with E-state index < -0.39 is 5.97 Å². The van der Waals surface area contributed by atoms with Crippen LogP contribution in [0.4, 0.5) is 5.69 Å². The monoisotopic (exact) mass is 291 g/mol. The summed E-state index contributed by atoms with van der Waals surface area (Å²) in [6.45, 7) is 5.55. The fourth-order valence-corrected chi connectivity index (χ4v) is 2.09. The van der Waals surface area contributed by atoms with Crippen LogP contribution >= 0.6 is 0 Å². The van der Waals surface area contributed by atoms with Gasteiger partial charge >= 0.3 is 5.97 Å². The summed E-state index contributed by atoms with van der Waals surface area (Å²) in [5.41, 5.74) is 0.489. The van der Waals surface area contributed by atoms with E-state index >= 15 is 0 Å². The van der Waals surface area contributed by atoms with Gasteiger partial charge in [0.2, 0.25) is 0 Å². The molecule has 0 radical (unpaired) electrons. The molecule has 0 aliphatic heterocycles. The predicted molar refractivity (Wildman–Crippen MR) is 76.8 cm³/mol. The molecule has 0 aromatic carbocycles. The van der Waals surface area contributed by atoms with Crippen molar-refractivity contribution in [3.63, 3.8) is 0 Å². The van der Waals surface area contributed by atoms with Gasteiger partial charge in [0.1, 0.15) is 17.9 Å². The number of aromatic carboxylic acids is 1. The molecule has 2 heterocycles. The Morgan fingerprint density at radius 3 is 2.71 bits per heavy atom. The van der Waals surface area contributed by atoms with Gasteiger partial charge in [-0.05, 0) is 19.9 Å². The number of nitrogens with zero attached hydrogens (tertiary/aromatic N) is 3. The van der Waals surface area contributed by atoms with E-state index in [4.69, 9.17) is 9.52 Å². The second kappa shape index (κ2) is 6.25. The number of hydrogen-bond acceptors (Lipinski definition) is 5. The normalized spacial score (nSPS) is 10.6. The smallest absolute Gasteiger partial charge is 0.339 e. The summed E-state index contributed by atoms with van der Waals surface area (Å²) in [5.74, 6) is -0.890. The zero-order chi connectivity index (χ0) is 15.4. The molecule has 112 valence electrons. The van der Waals surface area contributed by atoms with E-state index in [9.17, 15) is 9.59 Å². The highest BCUT2D eigenvalue weighted by Crippen LogP contribution is 2.12. The number of carboxylic acid groups (broad SMARTS) is 1. The maximum Gasteiger partial charge on any atom is 0.339 e. The van der Waals surface area contributed by atoms with Crippen molar-refractivity contribution in [1.29, 1.82) is 0 Å². The molecule has 0 saturated carbocycles. The van der Waals surface area contributed by atoms with E-state index in [1.807, 2.05) is 18.7 Å². The van der Waals surface area contributed by atoms with Crippen LogP contribution in [0, 0.1) is 0 Å². The molecule has 0 aliphatic rings. The van der Waals surface area contributed by atoms with Gasteiger partial charge in [-0.15, -0.1) is 0 Å². The molecule has 2 rings (SSSR count). The lowest BCUT2D eigenvalue weighted by Crippen LogP contribution is -2.28. The van der Waals surface area contributed by atoms with Crippen LogP contribution in [0.25, 0.3) is 0 Å². The first-order chi connectivity index (χ1) is 10.1.